The molecule has 0 amide bonds. The van der Waals surface area contributed by atoms with Crippen LogP contribution in [0.2, 0.25) is 5.02 Å². The molecule has 1 N–H and O–H groups in total. The van der Waals surface area contributed by atoms with Gasteiger partial charge in [-0.3, -0.25) is 0 Å². The summed E-state index contributed by atoms with van der Waals surface area (Å²) in [6.07, 6.45) is 1.13. The normalized spacial score (nSPS) is 13.3. The number of hydrogen-bond donors (Lipinski definition) is 1. The Balaban J connectivity index is 2.09. The molecule has 0 aliphatic carbocycles. The van der Waals surface area contributed by atoms with Crippen molar-refractivity contribution in [1.29, 1.82) is 0 Å². The Labute approximate surface area is 106 Å². The molecule has 1 nitrogen and oxygen atoms in total. The number of rotatable bonds is 1. The van der Waals surface area contributed by atoms with Crippen molar-refractivity contribution in [1.82, 2.24) is 0 Å². The van der Waals surface area contributed by atoms with E-state index in [-0.39, 0.29) is 0 Å². The summed E-state index contributed by atoms with van der Waals surface area (Å²) in [6.45, 7) is 3.15. The zero-order chi connectivity index (χ0) is 11.8. The number of fused-ring (bicyclic) bond motifs is 1. The van der Waals surface area contributed by atoms with Crippen LogP contribution in [0.15, 0.2) is 36.4 Å². The molecule has 2 heteroatoms. The third-order valence-corrected chi connectivity index (χ3v) is 3.55. The molecule has 0 unspecified atom stereocenters. The van der Waals surface area contributed by atoms with Crippen molar-refractivity contribution in [3.8, 4) is 11.1 Å². The third-order valence-electron chi connectivity index (χ3n) is 3.32. The van der Waals surface area contributed by atoms with Gasteiger partial charge in [0.2, 0.25) is 0 Å². The van der Waals surface area contributed by atoms with Gasteiger partial charge in [0.25, 0.3) is 0 Å². The number of aryl methyl sites for hydroxylation is 1. The molecule has 17 heavy (non-hydrogen) atoms. The minimum atomic E-state index is 0.797. The summed E-state index contributed by atoms with van der Waals surface area (Å²) in [5.41, 5.74) is 6.42. The van der Waals surface area contributed by atoms with E-state index in [9.17, 15) is 0 Å². The van der Waals surface area contributed by atoms with E-state index in [1.165, 1.54) is 27.9 Å². The first-order valence-electron chi connectivity index (χ1n) is 5.87. The molecule has 0 radical (unpaired) electrons. The van der Waals surface area contributed by atoms with Crippen molar-refractivity contribution in [3.05, 3.63) is 52.5 Å². The second-order valence-corrected chi connectivity index (χ2v) is 4.94. The van der Waals surface area contributed by atoms with Crippen LogP contribution in [-0.2, 0) is 6.42 Å². The van der Waals surface area contributed by atoms with Gasteiger partial charge in [-0.15, -0.1) is 0 Å². The molecule has 0 spiro atoms. The smallest absolute Gasteiger partial charge is 0.0409 e. The van der Waals surface area contributed by atoms with Crippen LogP contribution in [0.3, 0.4) is 0 Å². The number of anilines is 1. The lowest BCUT2D eigenvalue weighted by molar-refractivity contribution is 1.11. The minimum Gasteiger partial charge on any atom is -0.384 e. The van der Waals surface area contributed by atoms with Crippen molar-refractivity contribution in [3.63, 3.8) is 0 Å². The third kappa shape index (κ3) is 1.91. The summed E-state index contributed by atoms with van der Waals surface area (Å²) in [6, 6.07) is 12.7. The van der Waals surface area contributed by atoms with Gasteiger partial charge < -0.3 is 5.32 Å². The number of hydrogen-bond acceptors (Lipinski definition) is 1. The van der Waals surface area contributed by atoms with Gasteiger partial charge >= 0.3 is 0 Å². The Morgan fingerprint density at radius 1 is 1.12 bits per heavy atom. The van der Waals surface area contributed by atoms with E-state index in [1.807, 2.05) is 12.1 Å². The van der Waals surface area contributed by atoms with E-state index < -0.39 is 0 Å². The highest BCUT2D eigenvalue weighted by Gasteiger charge is 2.11. The summed E-state index contributed by atoms with van der Waals surface area (Å²) in [4.78, 5) is 0. The maximum absolute atomic E-state index is 5.99. The van der Waals surface area contributed by atoms with Crippen LogP contribution in [0.4, 0.5) is 5.69 Å². The Bertz CT molecular complexity index is 575. The van der Waals surface area contributed by atoms with Crippen molar-refractivity contribution >= 4 is 17.3 Å². The predicted octanol–water partition coefficient (Wildman–Crippen LogP) is 4.28. The van der Waals surface area contributed by atoms with E-state index in [0.717, 1.165) is 18.0 Å². The van der Waals surface area contributed by atoms with Crippen molar-refractivity contribution < 1.29 is 0 Å². The van der Waals surface area contributed by atoms with Crippen LogP contribution >= 0.6 is 11.6 Å². The summed E-state index contributed by atoms with van der Waals surface area (Å²) >= 11 is 5.99. The zero-order valence-electron chi connectivity index (χ0n) is 9.76. The highest BCUT2D eigenvalue weighted by atomic mass is 35.5. The quantitative estimate of drug-likeness (QED) is 0.788. The fourth-order valence-electron chi connectivity index (χ4n) is 2.41. The molecule has 1 aliphatic rings. The van der Waals surface area contributed by atoms with E-state index in [1.54, 1.807) is 0 Å². The molecule has 1 heterocycles. The van der Waals surface area contributed by atoms with Gasteiger partial charge in [-0.2, -0.15) is 0 Å². The molecule has 2 aromatic carbocycles. The lowest BCUT2D eigenvalue weighted by atomic mass is 9.99. The first-order valence-corrected chi connectivity index (χ1v) is 6.25. The Kier molecular flexibility index (Phi) is 2.56. The number of nitrogens with one attached hydrogen (secondary N) is 1. The highest BCUT2D eigenvalue weighted by Crippen LogP contribution is 2.31. The van der Waals surface area contributed by atoms with E-state index in [4.69, 9.17) is 11.6 Å². The Morgan fingerprint density at radius 3 is 2.82 bits per heavy atom. The van der Waals surface area contributed by atoms with Crippen LogP contribution in [0.5, 0.6) is 0 Å². The van der Waals surface area contributed by atoms with Gasteiger partial charge in [-0.05, 0) is 53.8 Å². The van der Waals surface area contributed by atoms with Gasteiger partial charge in [0.1, 0.15) is 0 Å². The minimum absolute atomic E-state index is 0.797. The molecule has 0 bridgehead atoms. The number of halogens is 1. The maximum Gasteiger partial charge on any atom is 0.0409 e. The van der Waals surface area contributed by atoms with E-state index in [0.29, 0.717) is 0 Å². The topological polar surface area (TPSA) is 12.0 Å². The average Bonchev–Trinajstić information content (AvgIpc) is 2.75. The maximum atomic E-state index is 5.99. The molecule has 86 valence electrons. The van der Waals surface area contributed by atoms with E-state index >= 15 is 0 Å². The van der Waals surface area contributed by atoms with Gasteiger partial charge in [0, 0.05) is 17.3 Å². The van der Waals surface area contributed by atoms with Gasteiger partial charge in [0.05, 0.1) is 0 Å². The molecule has 0 saturated carbocycles. The number of benzene rings is 2. The zero-order valence-corrected chi connectivity index (χ0v) is 10.5. The fraction of sp³-hybridized carbons (Fsp3) is 0.200. The first-order chi connectivity index (χ1) is 8.24. The van der Waals surface area contributed by atoms with Crippen LogP contribution in [0.25, 0.3) is 11.1 Å². The fourth-order valence-corrected chi connectivity index (χ4v) is 2.64. The second-order valence-electron chi connectivity index (χ2n) is 4.51. The van der Waals surface area contributed by atoms with E-state index in [2.05, 4.69) is 36.5 Å². The molecular formula is C15H14ClN. The average molecular weight is 244 g/mol. The molecule has 0 atom stereocenters. The van der Waals surface area contributed by atoms with Gasteiger partial charge in [0.15, 0.2) is 0 Å². The second kappa shape index (κ2) is 4.08. The molecule has 3 rings (SSSR count). The molecule has 0 saturated heterocycles. The van der Waals surface area contributed by atoms with Crippen LogP contribution in [-0.4, -0.2) is 6.54 Å². The molecule has 2 aromatic rings. The van der Waals surface area contributed by atoms with Crippen LogP contribution in [0, 0.1) is 6.92 Å². The van der Waals surface area contributed by atoms with Crippen LogP contribution in [0.1, 0.15) is 11.1 Å². The Morgan fingerprint density at radius 2 is 2.00 bits per heavy atom. The largest absolute Gasteiger partial charge is 0.384 e. The lowest BCUT2D eigenvalue weighted by Crippen LogP contribution is -1.91. The van der Waals surface area contributed by atoms with Crippen molar-refractivity contribution in [2.45, 2.75) is 13.3 Å². The molecule has 0 fully saturated rings. The lowest BCUT2D eigenvalue weighted by Gasteiger charge is -2.08. The monoisotopic (exact) mass is 243 g/mol. The molecule has 0 aromatic heterocycles. The molecular weight excluding hydrogens is 230 g/mol. The first kappa shape index (κ1) is 10.7. The summed E-state index contributed by atoms with van der Waals surface area (Å²) in [7, 11) is 0. The van der Waals surface area contributed by atoms with Crippen molar-refractivity contribution in [2.24, 2.45) is 0 Å². The van der Waals surface area contributed by atoms with Gasteiger partial charge in [-0.25, -0.2) is 0 Å². The molecule has 1 aliphatic heterocycles. The highest BCUT2D eigenvalue weighted by molar-refractivity contribution is 6.30. The van der Waals surface area contributed by atoms with Crippen LogP contribution < -0.4 is 5.32 Å². The SMILES string of the molecule is Cc1cc(Cl)ccc1-c1ccc2c(c1)NCC2. The predicted molar refractivity (Wildman–Crippen MR) is 73.8 cm³/mol. The standard InChI is InChI=1S/C15H14ClN/c1-10-8-13(16)4-5-14(10)12-3-2-11-6-7-17-15(11)9-12/h2-5,8-9,17H,6-7H2,1H3. The summed E-state index contributed by atoms with van der Waals surface area (Å²) in [5.74, 6) is 0. The Hall–Kier alpha value is -1.47. The summed E-state index contributed by atoms with van der Waals surface area (Å²) < 4.78 is 0. The summed E-state index contributed by atoms with van der Waals surface area (Å²) in [5, 5.41) is 4.21. The van der Waals surface area contributed by atoms with Crippen molar-refractivity contribution in [2.75, 3.05) is 11.9 Å². The van der Waals surface area contributed by atoms with Gasteiger partial charge in [-0.1, -0.05) is 29.8 Å².